The van der Waals surface area contributed by atoms with Crippen LogP contribution in [-0.2, 0) is 46.1 Å². The van der Waals surface area contributed by atoms with E-state index in [1.165, 1.54) is 111 Å². The number of hydrogen-bond donors (Lipinski definition) is 0. The van der Waals surface area contributed by atoms with Gasteiger partial charge in [0.15, 0.2) is 0 Å². The van der Waals surface area contributed by atoms with Crippen LogP contribution in [0, 0.1) is 51.8 Å². The summed E-state index contributed by atoms with van der Waals surface area (Å²) in [5.74, 6) is 3.37. The van der Waals surface area contributed by atoms with Crippen molar-refractivity contribution in [3.05, 3.63) is 0 Å². The van der Waals surface area contributed by atoms with E-state index in [4.69, 9.17) is 29.0 Å². The molecule has 6 aliphatic carbocycles. The molecule has 12 rings (SSSR count). The van der Waals surface area contributed by atoms with E-state index in [0.717, 1.165) is 39.6 Å². The SMILES string of the molecule is C1CC2(CCC3CON=C32)C2=NOCC12.C1CC2(CCC3CON=C32)C2=NOCC12.C1CC2(CCC3CON=C32)C2=NOCC12.[Cu+2]. The summed E-state index contributed by atoms with van der Waals surface area (Å²) in [5, 5.41) is 25.6. The van der Waals surface area contributed by atoms with Crippen molar-refractivity contribution in [2.45, 2.75) is 77.0 Å². The first-order valence-corrected chi connectivity index (χ1v) is 17.4. The summed E-state index contributed by atoms with van der Waals surface area (Å²) in [6, 6.07) is 0. The normalized spacial score (nSPS) is 44.9. The standard InChI is InChI=1S/3C11H14N2O2.Cu/c3*1-3-11(9-7(1)5-14-12-9)4-2-8-6-15-13-10(8)11;/h3*7-8H,1-6H2;/q;;;+2. The quantitative estimate of drug-likeness (QED) is 0.341. The molecule has 1 radical (unpaired) electrons. The van der Waals surface area contributed by atoms with Crippen molar-refractivity contribution < 1.29 is 46.1 Å². The van der Waals surface area contributed by atoms with Crippen LogP contribution in [0.3, 0.4) is 0 Å². The molecule has 249 valence electrons. The van der Waals surface area contributed by atoms with Gasteiger partial charge in [0.25, 0.3) is 0 Å². The van der Waals surface area contributed by atoms with E-state index >= 15 is 0 Å². The Morgan fingerprint density at radius 3 is 0.674 bits per heavy atom. The van der Waals surface area contributed by atoms with E-state index in [1.807, 2.05) is 0 Å². The molecule has 0 aromatic heterocycles. The Morgan fingerprint density at radius 2 is 0.500 bits per heavy atom. The molecular weight excluding hydrogens is 640 g/mol. The van der Waals surface area contributed by atoms with Gasteiger partial charge in [0.2, 0.25) is 0 Å². The molecule has 6 aliphatic heterocycles. The molecule has 13 heteroatoms. The van der Waals surface area contributed by atoms with Gasteiger partial charge in [-0.25, -0.2) is 0 Å². The topological polar surface area (TPSA) is 130 Å². The smallest absolute Gasteiger partial charge is 0.395 e. The number of nitrogens with zero attached hydrogens (tertiary/aromatic N) is 6. The van der Waals surface area contributed by atoms with E-state index in [2.05, 4.69) is 30.9 Å². The van der Waals surface area contributed by atoms with Crippen molar-refractivity contribution in [3.8, 4) is 0 Å². The largest absolute Gasteiger partial charge is 2.00 e. The molecule has 12 aliphatic rings. The van der Waals surface area contributed by atoms with Crippen LogP contribution in [0.25, 0.3) is 0 Å². The molecule has 0 aromatic rings. The van der Waals surface area contributed by atoms with E-state index in [1.54, 1.807) is 0 Å². The van der Waals surface area contributed by atoms with Crippen LogP contribution in [-0.4, -0.2) is 73.9 Å². The molecule has 0 amide bonds. The molecule has 6 unspecified atom stereocenters. The summed E-state index contributed by atoms with van der Waals surface area (Å²) in [7, 11) is 0. The fraction of sp³-hybridized carbons (Fsp3) is 0.818. The van der Waals surface area contributed by atoms with Crippen LogP contribution in [0.15, 0.2) is 30.9 Å². The van der Waals surface area contributed by atoms with Crippen LogP contribution >= 0.6 is 0 Å². The zero-order valence-electron chi connectivity index (χ0n) is 26.1. The maximum atomic E-state index is 5.24. The second-order valence-electron chi connectivity index (χ2n) is 15.3. The molecule has 6 fully saturated rings. The Hall–Kier alpha value is -2.66. The maximum absolute atomic E-state index is 5.24. The third-order valence-electron chi connectivity index (χ3n) is 13.4. The van der Waals surface area contributed by atoms with Crippen molar-refractivity contribution in [1.82, 2.24) is 0 Å². The number of oxime groups is 6. The molecule has 6 atom stereocenters. The minimum atomic E-state index is 0. The Bertz CT molecular complexity index is 1190. The molecule has 6 saturated carbocycles. The first kappa shape index (κ1) is 29.5. The molecule has 6 heterocycles. The predicted octanol–water partition coefficient (Wildman–Crippen LogP) is 4.69. The van der Waals surface area contributed by atoms with E-state index in [-0.39, 0.29) is 33.3 Å². The first-order valence-electron chi connectivity index (χ1n) is 17.4. The second kappa shape index (κ2) is 10.9. The van der Waals surface area contributed by atoms with Crippen LogP contribution in [0.2, 0.25) is 0 Å². The van der Waals surface area contributed by atoms with Gasteiger partial charge >= 0.3 is 17.1 Å². The van der Waals surface area contributed by atoms with Gasteiger partial charge in [0, 0.05) is 35.5 Å². The van der Waals surface area contributed by atoms with Gasteiger partial charge in [0.1, 0.15) is 39.6 Å². The molecular formula is C33H42CuN6O6+2. The van der Waals surface area contributed by atoms with Gasteiger partial charge in [-0.3, -0.25) is 0 Å². The van der Waals surface area contributed by atoms with Crippen molar-refractivity contribution >= 4 is 34.3 Å². The second-order valence-corrected chi connectivity index (χ2v) is 15.3. The predicted molar refractivity (Wildman–Crippen MR) is 164 cm³/mol. The molecule has 0 N–H and O–H groups in total. The monoisotopic (exact) mass is 681 g/mol. The first-order chi connectivity index (χ1) is 22.2. The number of hydrogen-bond acceptors (Lipinski definition) is 12. The van der Waals surface area contributed by atoms with Crippen molar-refractivity contribution in [1.29, 1.82) is 0 Å². The Kier molecular flexibility index (Phi) is 7.01. The summed E-state index contributed by atoms with van der Waals surface area (Å²) in [4.78, 5) is 31.4. The van der Waals surface area contributed by atoms with Crippen molar-refractivity contribution in [2.24, 2.45) is 82.7 Å². The Morgan fingerprint density at radius 1 is 0.326 bits per heavy atom. The molecule has 12 nitrogen and oxygen atoms in total. The van der Waals surface area contributed by atoms with Gasteiger partial charge in [-0.15, -0.1) is 0 Å². The summed E-state index contributed by atoms with van der Waals surface area (Å²) in [6.45, 7) is 4.73. The fourth-order valence-electron chi connectivity index (χ4n) is 11.1. The Balaban J connectivity index is 0.0000000941. The summed E-state index contributed by atoms with van der Waals surface area (Å²) in [6.07, 6.45) is 14.5. The summed E-state index contributed by atoms with van der Waals surface area (Å²) >= 11 is 0. The summed E-state index contributed by atoms with van der Waals surface area (Å²) < 4.78 is 0. The summed E-state index contributed by atoms with van der Waals surface area (Å²) in [5.41, 5.74) is 8.06. The third kappa shape index (κ3) is 4.02. The molecule has 0 bridgehead atoms. The zero-order chi connectivity index (χ0) is 29.6. The Labute approximate surface area is 279 Å². The van der Waals surface area contributed by atoms with E-state index in [0.29, 0.717) is 35.5 Å². The van der Waals surface area contributed by atoms with Gasteiger partial charge in [-0.2, -0.15) is 0 Å². The number of rotatable bonds is 0. The van der Waals surface area contributed by atoms with Crippen LogP contribution < -0.4 is 0 Å². The van der Waals surface area contributed by atoms with Crippen LogP contribution in [0.5, 0.6) is 0 Å². The van der Waals surface area contributed by atoms with Crippen LogP contribution in [0.1, 0.15) is 77.0 Å². The molecule has 0 saturated heterocycles. The van der Waals surface area contributed by atoms with Gasteiger partial charge in [-0.05, 0) is 77.0 Å². The van der Waals surface area contributed by atoms with E-state index < -0.39 is 0 Å². The minimum Gasteiger partial charge on any atom is -0.395 e. The van der Waals surface area contributed by atoms with Gasteiger partial charge in [-0.1, -0.05) is 30.9 Å². The van der Waals surface area contributed by atoms with Crippen molar-refractivity contribution in [2.75, 3.05) is 39.6 Å². The van der Waals surface area contributed by atoms with Gasteiger partial charge < -0.3 is 29.0 Å². The molecule has 0 aromatic carbocycles. The average Bonchev–Trinajstić information content (AvgIpc) is 3.90. The molecule has 3 spiro atoms. The van der Waals surface area contributed by atoms with Crippen molar-refractivity contribution in [3.63, 3.8) is 0 Å². The fourth-order valence-corrected chi connectivity index (χ4v) is 11.1. The van der Waals surface area contributed by atoms with Gasteiger partial charge in [0.05, 0.1) is 50.5 Å². The maximum Gasteiger partial charge on any atom is 2.00 e. The van der Waals surface area contributed by atoms with Crippen LogP contribution in [0.4, 0.5) is 0 Å². The number of fused-ring (bicyclic) bond motifs is 12. The average molecular weight is 682 g/mol. The molecule has 46 heavy (non-hydrogen) atoms. The zero-order valence-corrected chi connectivity index (χ0v) is 27.1. The van der Waals surface area contributed by atoms with E-state index in [9.17, 15) is 0 Å². The minimum absolute atomic E-state index is 0. The third-order valence-corrected chi connectivity index (χ3v) is 13.4.